The number of carbonyl (C=O) groups is 1. The SMILES string of the molecule is C=C(OCC)c1ccc2c(c1)OC(C)(C)C(=O)N2. The fraction of sp³-hybridized carbons (Fsp3) is 0.357. The van der Waals surface area contributed by atoms with E-state index in [4.69, 9.17) is 9.47 Å². The number of benzene rings is 1. The summed E-state index contributed by atoms with van der Waals surface area (Å²) in [4.78, 5) is 11.7. The molecule has 0 saturated heterocycles. The maximum atomic E-state index is 11.7. The molecule has 1 aromatic carbocycles. The van der Waals surface area contributed by atoms with E-state index in [1.54, 1.807) is 19.9 Å². The molecule has 0 saturated carbocycles. The zero-order valence-corrected chi connectivity index (χ0v) is 10.9. The van der Waals surface area contributed by atoms with Crippen LogP contribution in [-0.2, 0) is 9.53 Å². The standard InChI is InChI=1S/C14H17NO3/c1-5-17-9(2)10-6-7-11-12(8-10)18-14(3,4)13(16)15-11/h6-8H,2,5H2,1,3-4H3,(H,15,16). The van der Waals surface area contributed by atoms with Crippen LogP contribution in [0.3, 0.4) is 0 Å². The van der Waals surface area contributed by atoms with Gasteiger partial charge in [0, 0.05) is 5.56 Å². The minimum Gasteiger partial charge on any atom is -0.494 e. The van der Waals surface area contributed by atoms with Gasteiger partial charge >= 0.3 is 0 Å². The number of anilines is 1. The van der Waals surface area contributed by atoms with Crippen molar-refractivity contribution in [3.05, 3.63) is 30.3 Å². The number of rotatable bonds is 3. The Bertz CT molecular complexity index is 506. The van der Waals surface area contributed by atoms with E-state index in [2.05, 4.69) is 11.9 Å². The van der Waals surface area contributed by atoms with Crippen LogP contribution in [0.1, 0.15) is 26.3 Å². The van der Waals surface area contributed by atoms with Gasteiger partial charge in [-0.25, -0.2) is 0 Å². The third kappa shape index (κ3) is 2.18. The molecule has 1 amide bonds. The number of ether oxygens (including phenoxy) is 2. The zero-order chi connectivity index (χ0) is 13.3. The highest BCUT2D eigenvalue weighted by atomic mass is 16.5. The first-order chi connectivity index (χ1) is 8.44. The molecule has 0 unspecified atom stereocenters. The van der Waals surface area contributed by atoms with E-state index in [9.17, 15) is 4.79 Å². The van der Waals surface area contributed by atoms with Gasteiger partial charge in [-0.15, -0.1) is 0 Å². The second-order valence-corrected chi connectivity index (χ2v) is 4.63. The van der Waals surface area contributed by atoms with Gasteiger partial charge in [-0.3, -0.25) is 4.79 Å². The van der Waals surface area contributed by atoms with Crippen LogP contribution in [0.15, 0.2) is 24.8 Å². The predicted octanol–water partition coefficient (Wildman–Crippen LogP) is 2.80. The Hall–Kier alpha value is -1.97. The molecule has 0 radical (unpaired) electrons. The van der Waals surface area contributed by atoms with Gasteiger partial charge in [0.15, 0.2) is 5.60 Å². The van der Waals surface area contributed by atoms with Crippen molar-refractivity contribution in [1.82, 2.24) is 0 Å². The fourth-order valence-corrected chi connectivity index (χ4v) is 1.74. The van der Waals surface area contributed by atoms with Crippen LogP contribution in [-0.4, -0.2) is 18.1 Å². The second kappa shape index (κ2) is 4.37. The van der Waals surface area contributed by atoms with Gasteiger partial charge < -0.3 is 14.8 Å². The van der Waals surface area contributed by atoms with E-state index in [0.29, 0.717) is 23.8 Å². The Kier molecular flexibility index (Phi) is 3.03. The Labute approximate surface area is 107 Å². The smallest absolute Gasteiger partial charge is 0.268 e. The number of hydrogen-bond donors (Lipinski definition) is 1. The van der Waals surface area contributed by atoms with Gasteiger partial charge in [0.05, 0.1) is 12.3 Å². The lowest BCUT2D eigenvalue weighted by atomic mass is 10.0. The van der Waals surface area contributed by atoms with Crippen LogP contribution in [0.25, 0.3) is 5.76 Å². The Morgan fingerprint density at radius 1 is 1.50 bits per heavy atom. The summed E-state index contributed by atoms with van der Waals surface area (Å²) in [6.45, 7) is 9.79. The monoisotopic (exact) mass is 247 g/mol. The molecule has 0 spiro atoms. The first-order valence-corrected chi connectivity index (χ1v) is 5.90. The number of nitrogens with one attached hydrogen (secondary N) is 1. The summed E-state index contributed by atoms with van der Waals surface area (Å²) in [5.74, 6) is 1.09. The lowest BCUT2D eigenvalue weighted by Gasteiger charge is -2.31. The van der Waals surface area contributed by atoms with Gasteiger partial charge in [0.1, 0.15) is 11.5 Å². The third-order valence-corrected chi connectivity index (χ3v) is 2.78. The maximum absolute atomic E-state index is 11.7. The molecule has 1 aromatic rings. The number of hydrogen-bond acceptors (Lipinski definition) is 3. The van der Waals surface area contributed by atoms with Crippen molar-refractivity contribution in [1.29, 1.82) is 0 Å². The Morgan fingerprint density at radius 2 is 2.22 bits per heavy atom. The van der Waals surface area contributed by atoms with Crippen molar-refractivity contribution in [2.24, 2.45) is 0 Å². The van der Waals surface area contributed by atoms with Crippen LogP contribution in [0.4, 0.5) is 5.69 Å². The largest absolute Gasteiger partial charge is 0.494 e. The van der Waals surface area contributed by atoms with E-state index < -0.39 is 5.60 Å². The molecule has 1 aliphatic rings. The van der Waals surface area contributed by atoms with Crippen molar-refractivity contribution in [3.8, 4) is 5.75 Å². The summed E-state index contributed by atoms with van der Waals surface area (Å²) in [5.41, 5.74) is 0.661. The van der Waals surface area contributed by atoms with Crippen LogP contribution in [0.5, 0.6) is 5.75 Å². The van der Waals surface area contributed by atoms with E-state index in [1.807, 2.05) is 19.1 Å². The lowest BCUT2D eigenvalue weighted by molar-refractivity contribution is -0.129. The number of carbonyl (C=O) groups excluding carboxylic acids is 1. The molecule has 2 rings (SSSR count). The van der Waals surface area contributed by atoms with Gasteiger partial charge in [-0.05, 0) is 39.0 Å². The summed E-state index contributed by atoms with van der Waals surface area (Å²) < 4.78 is 11.0. The van der Waals surface area contributed by atoms with Crippen LogP contribution < -0.4 is 10.1 Å². The molecule has 1 aliphatic heterocycles. The number of amides is 1. The van der Waals surface area contributed by atoms with E-state index in [-0.39, 0.29) is 5.91 Å². The van der Waals surface area contributed by atoms with Crippen LogP contribution >= 0.6 is 0 Å². The lowest BCUT2D eigenvalue weighted by Crippen LogP contribution is -2.45. The Morgan fingerprint density at radius 3 is 2.89 bits per heavy atom. The quantitative estimate of drug-likeness (QED) is 0.835. The van der Waals surface area contributed by atoms with Gasteiger partial charge in [0.2, 0.25) is 0 Å². The second-order valence-electron chi connectivity index (χ2n) is 4.63. The molecule has 4 heteroatoms. The Balaban J connectivity index is 2.33. The molecule has 0 fully saturated rings. The van der Waals surface area contributed by atoms with Crippen molar-refractivity contribution in [3.63, 3.8) is 0 Å². The molecule has 1 heterocycles. The summed E-state index contributed by atoms with van der Waals surface area (Å²) in [6, 6.07) is 5.47. The molecule has 0 atom stereocenters. The summed E-state index contributed by atoms with van der Waals surface area (Å²) in [6.07, 6.45) is 0. The third-order valence-electron chi connectivity index (χ3n) is 2.78. The molecule has 0 aromatic heterocycles. The highest BCUT2D eigenvalue weighted by molar-refractivity contribution is 6.00. The molecular weight excluding hydrogens is 230 g/mol. The highest BCUT2D eigenvalue weighted by Gasteiger charge is 2.35. The van der Waals surface area contributed by atoms with Gasteiger partial charge in [-0.2, -0.15) is 0 Å². The minimum atomic E-state index is -0.863. The van der Waals surface area contributed by atoms with Crippen molar-refractivity contribution < 1.29 is 14.3 Å². The summed E-state index contributed by atoms with van der Waals surface area (Å²) >= 11 is 0. The first kappa shape index (κ1) is 12.5. The van der Waals surface area contributed by atoms with Crippen LogP contribution in [0, 0.1) is 0 Å². The molecule has 0 aliphatic carbocycles. The van der Waals surface area contributed by atoms with Crippen molar-refractivity contribution in [2.75, 3.05) is 11.9 Å². The summed E-state index contributed by atoms with van der Waals surface area (Å²) in [5, 5.41) is 2.81. The normalized spacial score (nSPS) is 16.3. The molecule has 18 heavy (non-hydrogen) atoms. The molecular formula is C14H17NO3. The average Bonchev–Trinajstić information content (AvgIpc) is 2.30. The topological polar surface area (TPSA) is 47.6 Å². The maximum Gasteiger partial charge on any atom is 0.268 e. The van der Waals surface area contributed by atoms with Crippen molar-refractivity contribution >= 4 is 17.4 Å². The summed E-state index contributed by atoms with van der Waals surface area (Å²) in [7, 11) is 0. The molecule has 96 valence electrons. The van der Waals surface area contributed by atoms with Gasteiger partial charge in [0.25, 0.3) is 5.91 Å². The molecule has 0 bridgehead atoms. The predicted molar refractivity (Wildman–Crippen MR) is 70.4 cm³/mol. The number of fused-ring (bicyclic) bond motifs is 1. The van der Waals surface area contributed by atoms with E-state index in [0.717, 1.165) is 5.56 Å². The van der Waals surface area contributed by atoms with Crippen LogP contribution in [0.2, 0.25) is 0 Å². The van der Waals surface area contributed by atoms with Crippen molar-refractivity contribution in [2.45, 2.75) is 26.4 Å². The van der Waals surface area contributed by atoms with Gasteiger partial charge in [-0.1, -0.05) is 6.58 Å². The average molecular weight is 247 g/mol. The van der Waals surface area contributed by atoms with E-state index in [1.165, 1.54) is 0 Å². The molecule has 4 nitrogen and oxygen atoms in total. The first-order valence-electron chi connectivity index (χ1n) is 5.90. The minimum absolute atomic E-state index is 0.147. The highest BCUT2D eigenvalue weighted by Crippen LogP contribution is 2.35. The fourth-order valence-electron chi connectivity index (χ4n) is 1.74. The van der Waals surface area contributed by atoms with E-state index >= 15 is 0 Å². The zero-order valence-electron chi connectivity index (χ0n) is 10.9. The molecule has 1 N–H and O–H groups in total.